The van der Waals surface area contributed by atoms with Crippen LogP contribution in [0.25, 0.3) is 5.82 Å². The van der Waals surface area contributed by atoms with Crippen molar-refractivity contribution in [2.45, 2.75) is 39.7 Å². The van der Waals surface area contributed by atoms with Crippen LogP contribution in [-0.2, 0) is 17.8 Å². The van der Waals surface area contributed by atoms with E-state index in [4.69, 9.17) is 0 Å². The Kier molecular flexibility index (Phi) is 6.37. The summed E-state index contributed by atoms with van der Waals surface area (Å²) in [5.74, 6) is 0.568. The second kappa shape index (κ2) is 9.12. The lowest BCUT2D eigenvalue weighted by Gasteiger charge is -2.09. The van der Waals surface area contributed by atoms with Gasteiger partial charge in [0.25, 0.3) is 5.56 Å². The predicted octanol–water partition coefficient (Wildman–Crippen LogP) is 2.18. The number of carbonyl (C=O) groups excluding carboxylic acids is 1. The highest BCUT2D eigenvalue weighted by atomic mass is 16.1. The number of carbonyl (C=O) groups is 1. The van der Waals surface area contributed by atoms with Crippen LogP contribution in [0.1, 0.15) is 29.8 Å². The molecule has 7 heteroatoms. The number of nitrogens with one attached hydrogen (secondary N) is 1. The molecular formula is C21H25N5O2. The van der Waals surface area contributed by atoms with Gasteiger partial charge in [-0.2, -0.15) is 5.10 Å². The lowest BCUT2D eigenvalue weighted by atomic mass is 10.1. The fourth-order valence-corrected chi connectivity index (χ4v) is 3.06. The second-order valence-corrected chi connectivity index (χ2v) is 6.78. The van der Waals surface area contributed by atoms with Crippen molar-refractivity contribution in [3.8, 4) is 5.82 Å². The molecule has 3 aromatic rings. The first-order chi connectivity index (χ1) is 13.5. The summed E-state index contributed by atoms with van der Waals surface area (Å²) in [6.07, 6.45) is 2.13. The fourth-order valence-electron chi connectivity index (χ4n) is 3.06. The molecule has 0 saturated heterocycles. The highest BCUT2D eigenvalue weighted by Gasteiger charge is 2.08. The zero-order valence-corrected chi connectivity index (χ0v) is 16.3. The number of rotatable bonds is 8. The van der Waals surface area contributed by atoms with Gasteiger partial charge in [-0.15, -0.1) is 5.10 Å². The van der Waals surface area contributed by atoms with Gasteiger partial charge in [-0.25, -0.2) is 9.36 Å². The quantitative estimate of drug-likeness (QED) is 0.650. The molecule has 28 heavy (non-hydrogen) atoms. The molecule has 3 rings (SSSR count). The number of amides is 1. The summed E-state index contributed by atoms with van der Waals surface area (Å²) in [5.41, 5.74) is 2.86. The third-order valence-electron chi connectivity index (χ3n) is 4.44. The average molecular weight is 379 g/mol. The van der Waals surface area contributed by atoms with Crippen LogP contribution in [0, 0.1) is 13.8 Å². The van der Waals surface area contributed by atoms with E-state index < -0.39 is 0 Å². The maximum absolute atomic E-state index is 12.1. The number of hydrogen-bond acceptors (Lipinski definition) is 4. The van der Waals surface area contributed by atoms with E-state index in [1.165, 1.54) is 16.3 Å². The Morgan fingerprint density at radius 3 is 2.57 bits per heavy atom. The largest absolute Gasteiger partial charge is 0.354 e. The Morgan fingerprint density at radius 1 is 1.07 bits per heavy atom. The van der Waals surface area contributed by atoms with E-state index in [2.05, 4.69) is 27.6 Å². The Morgan fingerprint density at radius 2 is 1.86 bits per heavy atom. The second-order valence-electron chi connectivity index (χ2n) is 6.78. The molecule has 0 atom stereocenters. The van der Waals surface area contributed by atoms with Gasteiger partial charge in [0.1, 0.15) is 0 Å². The molecule has 1 aromatic carbocycles. The summed E-state index contributed by atoms with van der Waals surface area (Å²) >= 11 is 0. The Hall–Kier alpha value is -3.22. The van der Waals surface area contributed by atoms with Crippen LogP contribution < -0.4 is 10.9 Å². The van der Waals surface area contributed by atoms with Gasteiger partial charge >= 0.3 is 0 Å². The number of benzene rings is 1. The number of nitrogens with zero attached hydrogens (tertiary/aromatic N) is 4. The van der Waals surface area contributed by atoms with Crippen molar-refractivity contribution < 1.29 is 4.79 Å². The third-order valence-corrected chi connectivity index (χ3v) is 4.44. The van der Waals surface area contributed by atoms with Crippen molar-refractivity contribution in [2.24, 2.45) is 0 Å². The molecule has 2 heterocycles. The van der Waals surface area contributed by atoms with Crippen molar-refractivity contribution in [1.82, 2.24) is 24.9 Å². The first kappa shape index (κ1) is 19.5. The minimum atomic E-state index is -0.205. The fraction of sp³-hybridized carbons (Fsp3) is 0.333. The predicted molar refractivity (Wildman–Crippen MR) is 107 cm³/mol. The van der Waals surface area contributed by atoms with E-state index in [0.29, 0.717) is 25.3 Å². The summed E-state index contributed by atoms with van der Waals surface area (Å²) in [5, 5.41) is 11.6. The lowest BCUT2D eigenvalue weighted by molar-refractivity contribution is -0.121. The van der Waals surface area contributed by atoms with Crippen molar-refractivity contribution in [2.75, 3.05) is 6.54 Å². The Balaban J connectivity index is 1.50. The average Bonchev–Trinajstić information content (AvgIpc) is 3.02. The molecule has 0 fully saturated rings. The molecule has 0 radical (unpaired) electrons. The van der Waals surface area contributed by atoms with Gasteiger partial charge in [0, 0.05) is 24.7 Å². The van der Waals surface area contributed by atoms with Gasteiger partial charge in [-0.1, -0.05) is 30.3 Å². The molecule has 0 aliphatic rings. The molecular weight excluding hydrogens is 354 g/mol. The molecule has 2 aromatic heterocycles. The summed E-state index contributed by atoms with van der Waals surface area (Å²) in [6, 6.07) is 15.2. The van der Waals surface area contributed by atoms with E-state index in [-0.39, 0.29) is 11.5 Å². The summed E-state index contributed by atoms with van der Waals surface area (Å²) in [6.45, 7) is 4.52. The molecule has 146 valence electrons. The molecule has 0 aliphatic heterocycles. The van der Waals surface area contributed by atoms with Crippen LogP contribution >= 0.6 is 0 Å². The minimum Gasteiger partial charge on any atom is -0.354 e. The monoisotopic (exact) mass is 379 g/mol. The van der Waals surface area contributed by atoms with Crippen LogP contribution in [0.4, 0.5) is 0 Å². The summed E-state index contributed by atoms with van der Waals surface area (Å²) < 4.78 is 3.06. The topological polar surface area (TPSA) is 81.8 Å². The smallest absolute Gasteiger partial charge is 0.266 e. The van der Waals surface area contributed by atoms with Gasteiger partial charge in [0.15, 0.2) is 5.82 Å². The zero-order chi connectivity index (χ0) is 19.9. The standard InChI is InChI=1S/C21H25N5O2/c1-16-15-17(2)26(23-16)19-11-12-21(28)25(24-19)14-13-22-20(27)10-6-9-18-7-4-3-5-8-18/h3-5,7-8,11-12,15H,6,9-10,13-14H2,1-2H3,(H,22,27). The van der Waals surface area contributed by atoms with Gasteiger partial charge in [0.2, 0.25) is 5.91 Å². The van der Waals surface area contributed by atoms with E-state index in [0.717, 1.165) is 24.2 Å². The van der Waals surface area contributed by atoms with Crippen molar-refractivity contribution >= 4 is 5.91 Å². The van der Waals surface area contributed by atoms with Gasteiger partial charge in [0.05, 0.1) is 12.2 Å². The molecule has 0 unspecified atom stereocenters. The number of aromatic nitrogens is 4. The van der Waals surface area contributed by atoms with E-state index in [1.807, 2.05) is 38.1 Å². The highest BCUT2D eigenvalue weighted by Crippen LogP contribution is 2.08. The van der Waals surface area contributed by atoms with Crippen LogP contribution in [0.3, 0.4) is 0 Å². The maximum atomic E-state index is 12.1. The Bertz CT molecular complexity index is 992. The van der Waals surface area contributed by atoms with Crippen LogP contribution in [0.5, 0.6) is 0 Å². The van der Waals surface area contributed by atoms with Crippen molar-refractivity contribution in [1.29, 1.82) is 0 Å². The van der Waals surface area contributed by atoms with Crippen molar-refractivity contribution in [3.63, 3.8) is 0 Å². The summed E-state index contributed by atoms with van der Waals surface area (Å²) in [7, 11) is 0. The molecule has 0 saturated carbocycles. The maximum Gasteiger partial charge on any atom is 0.266 e. The SMILES string of the molecule is Cc1cc(C)n(-c2ccc(=O)n(CCNC(=O)CCCc3ccccc3)n2)n1. The summed E-state index contributed by atoms with van der Waals surface area (Å²) in [4.78, 5) is 24.1. The number of hydrogen-bond donors (Lipinski definition) is 1. The molecule has 7 nitrogen and oxygen atoms in total. The van der Waals surface area contributed by atoms with Crippen molar-refractivity contribution in [3.05, 3.63) is 75.8 Å². The third kappa shape index (κ3) is 5.16. The highest BCUT2D eigenvalue weighted by molar-refractivity contribution is 5.75. The first-order valence-electron chi connectivity index (χ1n) is 9.45. The van der Waals surface area contributed by atoms with E-state index in [9.17, 15) is 9.59 Å². The van der Waals surface area contributed by atoms with E-state index >= 15 is 0 Å². The molecule has 0 aliphatic carbocycles. The lowest BCUT2D eigenvalue weighted by Crippen LogP contribution is -2.32. The van der Waals surface area contributed by atoms with Gasteiger partial charge < -0.3 is 5.32 Å². The Labute approximate surface area is 164 Å². The van der Waals surface area contributed by atoms with Crippen LogP contribution in [0.15, 0.2) is 53.3 Å². The number of aryl methyl sites for hydroxylation is 3. The zero-order valence-electron chi connectivity index (χ0n) is 16.3. The molecule has 1 amide bonds. The normalized spacial score (nSPS) is 10.8. The molecule has 0 bridgehead atoms. The molecule has 1 N–H and O–H groups in total. The molecule has 0 spiro atoms. The first-order valence-corrected chi connectivity index (χ1v) is 9.45. The van der Waals surface area contributed by atoms with Gasteiger partial charge in [-0.05, 0) is 44.4 Å². The van der Waals surface area contributed by atoms with Crippen LogP contribution in [0.2, 0.25) is 0 Å². The minimum absolute atomic E-state index is 0.0151. The van der Waals surface area contributed by atoms with Gasteiger partial charge in [-0.3, -0.25) is 9.59 Å². The van der Waals surface area contributed by atoms with E-state index in [1.54, 1.807) is 10.7 Å². The van der Waals surface area contributed by atoms with Crippen LogP contribution in [-0.4, -0.2) is 32.0 Å².